The fourth-order valence-corrected chi connectivity index (χ4v) is 3.16. The Balaban J connectivity index is 1.67. The van der Waals surface area contributed by atoms with E-state index in [9.17, 15) is 4.79 Å². The van der Waals surface area contributed by atoms with E-state index in [0.29, 0.717) is 22.4 Å². The Morgan fingerprint density at radius 2 is 2.38 bits per heavy atom. The van der Waals surface area contributed by atoms with Crippen molar-refractivity contribution in [2.24, 2.45) is 5.92 Å². The number of ether oxygens (including phenoxy) is 1. The van der Waals surface area contributed by atoms with Gasteiger partial charge in [-0.05, 0) is 38.4 Å². The van der Waals surface area contributed by atoms with Crippen LogP contribution in [0.3, 0.4) is 0 Å². The molecule has 2 heterocycles. The van der Waals surface area contributed by atoms with E-state index in [1.165, 1.54) is 19.4 Å². The molecule has 1 amide bonds. The minimum Gasteiger partial charge on any atom is -0.482 e. The van der Waals surface area contributed by atoms with Gasteiger partial charge in [-0.15, -0.1) is 0 Å². The highest BCUT2D eigenvalue weighted by Gasteiger charge is 2.20. The Bertz CT molecular complexity index is 550. The largest absolute Gasteiger partial charge is 0.482 e. The summed E-state index contributed by atoms with van der Waals surface area (Å²) in [6.07, 6.45) is 2.49. The average Bonchev–Trinajstić information content (AvgIpc) is 2.45. The van der Waals surface area contributed by atoms with Gasteiger partial charge in [-0.1, -0.05) is 11.6 Å². The number of carbonyl (C=O) groups excluding carboxylic acids is 1. The van der Waals surface area contributed by atoms with E-state index in [2.05, 4.69) is 22.6 Å². The SMILES string of the molecule is CN1CCCC(CNc2cc3c(cc2Cl)NC(=O)CO3)C1. The molecule has 2 N–H and O–H groups in total. The number of hydrogen-bond donors (Lipinski definition) is 2. The fraction of sp³-hybridized carbons (Fsp3) is 0.533. The number of amides is 1. The zero-order valence-corrected chi connectivity index (χ0v) is 12.9. The first-order valence-corrected chi connectivity index (χ1v) is 7.68. The molecule has 0 aromatic heterocycles. The minimum absolute atomic E-state index is 0.0570. The third-order valence-electron chi connectivity index (χ3n) is 4.01. The van der Waals surface area contributed by atoms with Gasteiger partial charge in [0, 0.05) is 19.2 Å². The summed E-state index contributed by atoms with van der Waals surface area (Å²) in [5.41, 5.74) is 1.50. The molecule has 1 unspecified atom stereocenters. The number of piperidine rings is 1. The van der Waals surface area contributed by atoms with Gasteiger partial charge in [0.15, 0.2) is 6.61 Å². The third-order valence-corrected chi connectivity index (χ3v) is 4.32. The van der Waals surface area contributed by atoms with Crippen molar-refractivity contribution in [1.82, 2.24) is 4.90 Å². The van der Waals surface area contributed by atoms with E-state index in [4.69, 9.17) is 16.3 Å². The highest BCUT2D eigenvalue weighted by Crippen LogP contribution is 2.36. The molecular weight excluding hydrogens is 290 g/mol. The van der Waals surface area contributed by atoms with E-state index >= 15 is 0 Å². The summed E-state index contributed by atoms with van der Waals surface area (Å²) < 4.78 is 5.42. The zero-order valence-electron chi connectivity index (χ0n) is 12.1. The Hall–Kier alpha value is -1.46. The highest BCUT2D eigenvalue weighted by atomic mass is 35.5. The highest BCUT2D eigenvalue weighted by molar-refractivity contribution is 6.33. The maximum absolute atomic E-state index is 11.3. The topological polar surface area (TPSA) is 53.6 Å². The Morgan fingerprint density at radius 1 is 1.52 bits per heavy atom. The molecule has 0 radical (unpaired) electrons. The molecule has 3 rings (SSSR count). The average molecular weight is 310 g/mol. The van der Waals surface area contributed by atoms with Crippen molar-refractivity contribution in [2.75, 3.05) is 43.9 Å². The number of carbonyl (C=O) groups is 1. The van der Waals surface area contributed by atoms with Crippen molar-refractivity contribution in [2.45, 2.75) is 12.8 Å². The van der Waals surface area contributed by atoms with Crippen molar-refractivity contribution >= 4 is 28.9 Å². The molecular formula is C15H20ClN3O2. The van der Waals surface area contributed by atoms with Crippen LogP contribution in [0.4, 0.5) is 11.4 Å². The summed E-state index contributed by atoms with van der Waals surface area (Å²) in [5, 5.41) is 6.77. The fourth-order valence-electron chi connectivity index (χ4n) is 2.93. The van der Waals surface area contributed by atoms with Crippen molar-refractivity contribution in [1.29, 1.82) is 0 Å². The van der Waals surface area contributed by atoms with Crippen LogP contribution in [0.1, 0.15) is 12.8 Å². The van der Waals surface area contributed by atoms with Crippen LogP contribution in [0.15, 0.2) is 12.1 Å². The van der Waals surface area contributed by atoms with Crippen LogP contribution < -0.4 is 15.4 Å². The van der Waals surface area contributed by atoms with Gasteiger partial charge in [0.25, 0.3) is 5.91 Å². The first-order valence-electron chi connectivity index (χ1n) is 7.30. The summed E-state index contributed by atoms with van der Waals surface area (Å²) in [7, 11) is 2.16. The maximum atomic E-state index is 11.3. The van der Waals surface area contributed by atoms with Crippen LogP contribution >= 0.6 is 11.6 Å². The second-order valence-electron chi connectivity index (χ2n) is 5.82. The summed E-state index contributed by atoms with van der Waals surface area (Å²) in [4.78, 5) is 13.6. The number of halogens is 1. The second-order valence-corrected chi connectivity index (χ2v) is 6.22. The molecule has 1 aromatic rings. The number of fused-ring (bicyclic) bond motifs is 1. The molecule has 5 nitrogen and oxygen atoms in total. The molecule has 1 aromatic carbocycles. The van der Waals surface area contributed by atoms with E-state index in [1.807, 2.05) is 6.07 Å². The van der Waals surface area contributed by atoms with Crippen molar-refractivity contribution in [3.8, 4) is 5.75 Å². The molecule has 0 aliphatic carbocycles. The van der Waals surface area contributed by atoms with Gasteiger partial charge >= 0.3 is 0 Å². The number of anilines is 2. The van der Waals surface area contributed by atoms with Gasteiger partial charge in [0.1, 0.15) is 5.75 Å². The Kier molecular flexibility index (Phi) is 4.22. The molecule has 0 saturated carbocycles. The van der Waals surface area contributed by atoms with Gasteiger partial charge in [-0.25, -0.2) is 0 Å². The molecule has 1 saturated heterocycles. The standard InChI is InChI=1S/C15H20ClN3O2/c1-19-4-2-3-10(8-19)7-17-12-6-14-13(5-11(12)16)18-15(20)9-21-14/h5-6,10,17H,2-4,7-9H2,1H3,(H,18,20). The molecule has 1 fully saturated rings. The number of nitrogens with zero attached hydrogens (tertiary/aromatic N) is 1. The van der Waals surface area contributed by atoms with Gasteiger partial charge in [-0.2, -0.15) is 0 Å². The van der Waals surface area contributed by atoms with Crippen LogP contribution in [0, 0.1) is 5.92 Å². The Labute approximate surface area is 129 Å². The van der Waals surface area contributed by atoms with Gasteiger partial charge in [-0.3, -0.25) is 4.79 Å². The normalized spacial score (nSPS) is 22.2. The quantitative estimate of drug-likeness (QED) is 0.900. The predicted octanol–water partition coefficient (Wildman–Crippen LogP) is 2.42. The van der Waals surface area contributed by atoms with Gasteiger partial charge < -0.3 is 20.3 Å². The summed E-state index contributed by atoms with van der Waals surface area (Å²) in [6.45, 7) is 3.25. The third kappa shape index (κ3) is 3.41. The lowest BCUT2D eigenvalue weighted by Crippen LogP contribution is -2.35. The predicted molar refractivity (Wildman–Crippen MR) is 84.3 cm³/mol. The molecule has 0 spiro atoms. The molecule has 6 heteroatoms. The number of hydrogen-bond acceptors (Lipinski definition) is 4. The van der Waals surface area contributed by atoms with Crippen LogP contribution in [0.5, 0.6) is 5.75 Å². The van der Waals surface area contributed by atoms with Crippen LogP contribution in [-0.4, -0.2) is 44.1 Å². The zero-order chi connectivity index (χ0) is 14.8. The molecule has 114 valence electrons. The van der Waals surface area contributed by atoms with E-state index in [1.54, 1.807) is 6.07 Å². The Morgan fingerprint density at radius 3 is 3.19 bits per heavy atom. The van der Waals surface area contributed by atoms with Crippen LogP contribution in [0.25, 0.3) is 0 Å². The molecule has 1 atom stereocenters. The molecule has 2 aliphatic heterocycles. The van der Waals surface area contributed by atoms with Crippen LogP contribution in [0.2, 0.25) is 5.02 Å². The van der Waals surface area contributed by atoms with Crippen molar-refractivity contribution in [3.05, 3.63) is 17.2 Å². The summed E-state index contributed by atoms with van der Waals surface area (Å²) in [5.74, 6) is 1.16. The molecule has 21 heavy (non-hydrogen) atoms. The molecule has 2 aliphatic rings. The lowest BCUT2D eigenvalue weighted by Gasteiger charge is -2.30. The first-order chi connectivity index (χ1) is 10.1. The van der Waals surface area contributed by atoms with E-state index in [0.717, 1.165) is 18.8 Å². The first kappa shape index (κ1) is 14.5. The summed E-state index contributed by atoms with van der Waals surface area (Å²) in [6, 6.07) is 3.60. The molecule has 0 bridgehead atoms. The van der Waals surface area contributed by atoms with E-state index < -0.39 is 0 Å². The number of likely N-dealkylation sites (tertiary alicyclic amines) is 1. The van der Waals surface area contributed by atoms with Gasteiger partial charge in [0.2, 0.25) is 0 Å². The number of nitrogens with one attached hydrogen (secondary N) is 2. The minimum atomic E-state index is -0.149. The lowest BCUT2D eigenvalue weighted by atomic mass is 9.98. The van der Waals surface area contributed by atoms with Crippen molar-refractivity contribution in [3.63, 3.8) is 0 Å². The lowest BCUT2D eigenvalue weighted by molar-refractivity contribution is -0.118. The number of benzene rings is 1. The maximum Gasteiger partial charge on any atom is 0.262 e. The monoisotopic (exact) mass is 309 g/mol. The number of rotatable bonds is 3. The van der Waals surface area contributed by atoms with E-state index in [-0.39, 0.29) is 12.5 Å². The smallest absolute Gasteiger partial charge is 0.262 e. The summed E-state index contributed by atoms with van der Waals surface area (Å²) >= 11 is 6.28. The van der Waals surface area contributed by atoms with Gasteiger partial charge in [0.05, 0.1) is 16.4 Å². The van der Waals surface area contributed by atoms with Crippen molar-refractivity contribution < 1.29 is 9.53 Å². The van der Waals surface area contributed by atoms with Crippen LogP contribution in [-0.2, 0) is 4.79 Å². The second kappa shape index (κ2) is 6.12.